The van der Waals surface area contributed by atoms with Gasteiger partial charge in [-0.2, -0.15) is 0 Å². The lowest BCUT2D eigenvalue weighted by atomic mass is 10.1. The molecule has 0 fully saturated rings. The number of fused-ring (bicyclic) bond motifs is 1. The van der Waals surface area contributed by atoms with Crippen molar-refractivity contribution in [3.63, 3.8) is 0 Å². The highest BCUT2D eigenvalue weighted by atomic mass is 19.1. The minimum atomic E-state index is -0.203. The number of rotatable bonds is 4. The van der Waals surface area contributed by atoms with Gasteiger partial charge in [-0.15, -0.1) is 0 Å². The standard InChI is InChI=1S/C16H16FNO3/c1-10-5-12(3-4-13(10)17)18-8-11-6-14(19-2)16-15(7-11)20-9-21-16/h3-7,18H,8-9H2,1-2H3. The number of methoxy groups -OCH3 is 1. The van der Waals surface area contributed by atoms with Crippen molar-refractivity contribution >= 4 is 5.69 Å². The van der Waals surface area contributed by atoms with Gasteiger partial charge < -0.3 is 19.5 Å². The zero-order chi connectivity index (χ0) is 14.8. The quantitative estimate of drug-likeness (QED) is 0.935. The van der Waals surface area contributed by atoms with Crippen LogP contribution in [-0.4, -0.2) is 13.9 Å². The molecule has 0 atom stereocenters. The Morgan fingerprint density at radius 3 is 2.86 bits per heavy atom. The second kappa shape index (κ2) is 5.52. The fraction of sp³-hybridized carbons (Fsp3) is 0.250. The lowest BCUT2D eigenvalue weighted by Crippen LogP contribution is -2.00. The summed E-state index contributed by atoms with van der Waals surface area (Å²) in [6.07, 6.45) is 0. The van der Waals surface area contributed by atoms with E-state index in [2.05, 4.69) is 5.32 Å². The van der Waals surface area contributed by atoms with Gasteiger partial charge in [-0.25, -0.2) is 4.39 Å². The molecule has 0 saturated carbocycles. The minimum absolute atomic E-state index is 0.203. The fourth-order valence-electron chi connectivity index (χ4n) is 2.24. The molecule has 1 aliphatic rings. The van der Waals surface area contributed by atoms with E-state index in [-0.39, 0.29) is 12.6 Å². The predicted octanol–water partition coefficient (Wildman–Crippen LogP) is 3.48. The summed E-state index contributed by atoms with van der Waals surface area (Å²) in [4.78, 5) is 0. The maximum atomic E-state index is 13.2. The lowest BCUT2D eigenvalue weighted by Gasteiger charge is -2.10. The summed E-state index contributed by atoms with van der Waals surface area (Å²) in [6.45, 7) is 2.53. The van der Waals surface area contributed by atoms with E-state index in [4.69, 9.17) is 14.2 Å². The van der Waals surface area contributed by atoms with Gasteiger partial charge >= 0.3 is 0 Å². The van der Waals surface area contributed by atoms with Gasteiger partial charge in [0.1, 0.15) is 5.82 Å². The van der Waals surface area contributed by atoms with Crippen LogP contribution in [0.4, 0.5) is 10.1 Å². The fourth-order valence-corrected chi connectivity index (χ4v) is 2.24. The van der Waals surface area contributed by atoms with E-state index in [0.29, 0.717) is 29.4 Å². The predicted molar refractivity (Wildman–Crippen MR) is 77.6 cm³/mol. The van der Waals surface area contributed by atoms with E-state index in [1.807, 2.05) is 12.1 Å². The first-order chi connectivity index (χ1) is 10.2. The molecule has 1 heterocycles. The van der Waals surface area contributed by atoms with Crippen LogP contribution < -0.4 is 19.5 Å². The van der Waals surface area contributed by atoms with E-state index < -0.39 is 0 Å². The Morgan fingerprint density at radius 1 is 1.24 bits per heavy atom. The van der Waals surface area contributed by atoms with Gasteiger partial charge in [-0.05, 0) is 48.4 Å². The molecule has 0 aromatic heterocycles. The summed E-state index contributed by atoms with van der Waals surface area (Å²) in [6, 6.07) is 8.76. The molecule has 110 valence electrons. The van der Waals surface area contributed by atoms with Crippen molar-refractivity contribution < 1.29 is 18.6 Å². The van der Waals surface area contributed by atoms with E-state index in [1.54, 1.807) is 26.2 Å². The minimum Gasteiger partial charge on any atom is -0.493 e. The van der Waals surface area contributed by atoms with Crippen molar-refractivity contribution in [1.29, 1.82) is 0 Å². The molecule has 2 aromatic carbocycles. The lowest BCUT2D eigenvalue weighted by molar-refractivity contribution is 0.171. The maximum Gasteiger partial charge on any atom is 0.231 e. The van der Waals surface area contributed by atoms with E-state index in [9.17, 15) is 4.39 Å². The SMILES string of the molecule is COc1cc(CNc2ccc(F)c(C)c2)cc2c1OCO2. The van der Waals surface area contributed by atoms with E-state index in [0.717, 1.165) is 11.3 Å². The highest BCUT2D eigenvalue weighted by Gasteiger charge is 2.19. The van der Waals surface area contributed by atoms with Crippen LogP contribution in [0.25, 0.3) is 0 Å². The number of aryl methyl sites for hydroxylation is 1. The highest BCUT2D eigenvalue weighted by molar-refractivity contribution is 5.56. The summed E-state index contributed by atoms with van der Waals surface area (Å²) in [5.41, 5.74) is 2.48. The van der Waals surface area contributed by atoms with Crippen molar-refractivity contribution in [2.24, 2.45) is 0 Å². The smallest absolute Gasteiger partial charge is 0.231 e. The molecule has 0 aliphatic carbocycles. The number of hydrogen-bond acceptors (Lipinski definition) is 4. The second-order valence-electron chi connectivity index (χ2n) is 4.85. The number of hydrogen-bond donors (Lipinski definition) is 1. The molecule has 0 radical (unpaired) electrons. The molecule has 3 rings (SSSR count). The van der Waals surface area contributed by atoms with Crippen LogP contribution in [0, 0.1) is 12.7 Å². The Bertz CT molecular complexity index is 673. The second-order valence-corrected chi connectivity index (χ2v) is 4.85. The van der Waals surface area contributed by atoms with Gasteiger partial charge in [-0.3, -0.25) is 0 Å². The van der Waals surface area contributed by atoms with Gasteiger partial charge in [0, 0.05) is 12.2 Å². The summed E-state index contributed by atoms with van der Waals surface area (Å²) < 4.78 is 29.3. The molecule has 1 N–H and O–H groups in total. The van der Waals surface area contributed by atoms with Crippen LogP contribution >= 0.6 is 0 Å². The zero-order valence-electron chi connectivity index (χ0n) is 11.9. The summed E-state index contributed by atoms with van der Waals surface area (Å²) >= 11 is 0. The summed E-state index contributed by atoms with van der Waals surface area (Å²) in [5, 5.41) is 3.25. The average molecular weight is 289 g/mol. The molecule has 0 saturated heterocycles. The average Bonchev–Trinajstić information content (AvgIpc) is 2.96. The monoisotopic (exact) mass is 289 g/mol. The third kappa shape index (κ3) is 2.72. The maximum absolute atomic E-state index is 13.2. The number of nitrogens with one attached hydrogen (secondary N) is 1. The number of anilines is 1. The molecular formula is C16H16FNO3. The number of halogens is 1. The first-order valence-corrected chi connectivity index (χ1v) is 6.64. The molecule has 0 amide bonds. The molecule has 5 heteroatoms. The van der Waals surface area contributed by atoms with Crippen LogP contribution in [0.1, 0.15) is 11.1 Å². The topological polar surface area (TPSA) is 39.7 Å². The highest BCUT2D eigenvalue weighted by Crippen LogP contribution is 2.41. The molecule has 2 aromatic rings. The van der Waals surface area contributed by atoms with Crippen molar-refractivity contribution in [2.45, 2.75) is 13.5 Å². The van der Waals surface area contributed by atoms with Gasteiger partial charge in [0.2, 0.25) is 12.5 Å². The van der Waals surface area contributed by atoms with Crippen LogP contribution in [0.3, 0.4) is 0 Å². The summed E-state index contributed by atoms with van der Waals surface area (Å²) in [5.74, 6) is 1.77. The van der Waals surface area contributed by atoms with Gasteiger partial charge in [0.05, 0.1) is 7.11 Å². The van der Waals surface area contributed by atoms with Crippen molar-refractivity contribution in [3.8, 4) is 17.2 Å². The number of benzene rings is 2. The van der Waals surface area contributed by atoms with Gasteiger partial charge in [0.25, 0.3) is 0 Å². The van der Waals surface area contributed by atoms with E-state index >= 15 is 0 Å². The van der Waals surface area contributed by atoms with Crippen LogP contribution in [0.2, 0.25) is 0 Å². The molecule has 4 nitrogen and oxygen atoms in total. The van der Waals surface area contributed by atoms with Crippen LogP contribution in [0.15, 0.2) is 30.3 Å². The third-order valence-corrected chi connectivity index (χ3v) is 3.37. The molecule has 0 bridgehead atoms. The largest absolute Gasteiger partial charge is 0.493 e. The Kier molecular flexibility index (Phi) is 3.56. The molecule has 0 spiro atoms. The van der Waals surface area contributed by atoms with Crippen molar-refractivity contribution in [1.82, 2.24) is 0 Å². The third-order valence-electron chi connectivity index (χ3n) is 3.37. The van der Waals surface area contributed by atoms with Gasteiger partial charge in [0.15, 0.2) is 11.5 Å². The molecule has 21 heavy (non-hydrogen) atoms. The Hall–Kier alpha value is -2.43. The van der Waals surface area contributed by atoms with Gasteiger partial charge in [-0.1, -0.05) is 0 Å². The van der Waals surface area contributed by atoms with Crippen LogP contribution in [0.5, 0.6) is 17.2 Å². The molecule has 1 aliphatic heterocycles. The van der Waals surface area contributed by atoms with Crippen molar-refractivity contribution in [2.75, 3.05) is 19.2 Å². The Balaban J connectivity index is 1.77. The van der Waals surface area contributed by atoms with Crippen molar-refractivity contribution in [3.05, 3.63) is 47.3 Å². The summed E-state index contributed by atoms with van der Waals surface area (Å²) in [7, 11) is 1.60. The Labute approximate surface area is 122 Å². The molecule has 0 unspecified atom stereocenters. The first kappa shape index (κ1) is 13.5. The Morgan fingerprint density at radius 2 is 2.10 bits per heavy atom. The first-order valence-electron chi connectivity index (χ1n) is 6.64. The zero-order valence-corrected chi connectivity index (χ0v) is 11.9. The molecular weight excluding hydrogens is 273 g/mol. The normalized spacial score (nSPS) is 12.3. The van der Waals surface area contributed by atoms with E-state index in [1.165, 1.54) is 6.07 Å². The van der Waals surface area contributed by atoms with Crippen LogP contribution in [-0.2, 0) is 6.54 Å². The number of ether oxygens (including phenoxy) is 3.